The molecule has 1 amide bonds. The molecule has 2 N–H and O–H groups in total. The SMILES string of the molecule is COc1ccc(NC(=O)[C@H]2CCN[C@@H](C)C2)cc1F. The molecule has 0 bridgehead atoms. The second-order valence-electron chi connectivity index (χ2n) is 4.92. The second-order valence-corrected chi connectivity index (χ2v) is 4.92. The molecule has 5 heteroatoms. The Balaban J connectivity index is 2.00. The third-order valence-corrected chi connectivity index (χ3v) is 3.41. The lowest BCUT2D eigenvalue weighted by Crippen LogP contribution is -2.40. The van der Waals surface area contributed by atoms with E-state index in [1.165, 1.54) is 19.2 Å². The predicted molar refractivity (Wildman–Crippen MR) is 71.8 cm³/mol. The summed E-state index contributed by atoms with van der Waals surface area (Å²) in [5, 5.41) is 6.06. The van der Waals surface area contributed by atoms with E-state index in [1.807, 2.05) is 0 Å². The monoisotopic (exact) mass is 266 g/mol. The van der Waals surface area contributed by atoms with E-state index in [4.69, 9.17) is 4.74 Å². The molecule has 0 saturated carbocycles. The fourth-order valence-corrected chi connectivity index (χ4v) is 2.36. The maximum absolute atomic E-state index is 13.5. The number of rotatable bonds is 3. The molecule has 0 radical (unpaired) electrons. The van der Waals surface area contributed by atoms with Crippen molar-refractivity contribution in [2.24, 2.45) is 5.92 Å². The minimum atomic E-state index is -0.473. The van der Waals surface area contributed by atoms with Gasteiger partial charge in [0.15, 0.2) is 11.6 Å². The number of hydrogen-bond acceptors (Lipinski definition) is 3. The number of methoxy groups -OCH3 is 1. The Morgan fingerprint density at radius 1 is 1.53 bits per heavy atom. The Hall–Kier alpha value is -1.62. The first kappa shape index (κ1) is 13.8. The van der Waals surface area contributed by atoms with E-state index >= 15 is 0 Å². The number of halogens is 1. The average molecular weight is 266 g/mol. The first-order chi connectivity index (χ1) is 9.10. The maximum Gasteiger partial charge on any atom is 0.227 e. The molecule has 104 valence electrons. The lowest BCUT2D eigenvalue weighted by Gasteiger charge is -2.27. The minimum Gasteiger partial charge on any atom is -0.494 e. The molecule has 19 heavy (non-hydrogen) atoms. The second kappa shape index (κ2) is 6.02. The van der Waals surface area contributed by atoms with Gasteiger partial charge in [-0.2, -0.15) is 0 Å². The summed E-state index contributed by atoms with van der Waals surface area (Å²) >= 11 is 0. The van der Waals surface area contributed by atoms with Gasteiger partial charge in [-0.15, -0.1) is 0 Å². The number of amides is 1. The van der Waals surface area contributed by atoms with Crippen molar-refractivity contribution in [3.63, 3.8) is 0 Å². The van der Waals surface area contributed by atoms with Crippen molar-refractivity contribution in [3.8, 4) is 5.75 Å². The number of benzene rings is 1. The summed E-state index contributed by atoms with van der Waals surface area (Å²) in [4.78, 5) is 12.1. The van der Waals surface area contributed by atoms with Gasteiger partial charge in [0, 0.05) is 23.7 Å². The summed E-state index contributed by atoms with van der Waals surface area (Å²) in [7, 11) is 1.41. The lowest BCUT2D eigenvalue weighted by molar-refractivity contribution is -0.120. The van der Waals surface area contributed by atoms with Gasteiger partial charge in [-0.05, 0) is 38.4 Å². The van der Waals surface area contributed by atoms with Crippen LogP contribution in [0.25, 0.3) is 0 Å². The molecule has 1 saturated heterocycles. The number of ether oxygens (including phenoxy) is 1. The highest BCUT2D eigenvalue weighted by Gasteiger charge is 2.24. The summed E-state index contributed by atoms with van der Waals surface area (Å²) in [5.41, 5.74) is 0.467. The van der Waals surface area contributed by atoms with E-state index in [0.717, 1.165) is 19.4 Å². The fraction of sp³-hybridized carbons (Fsp3) is 0.500. The van der Waals surface area contributed by atoms with Crippen molar-refractivity contribution in [2.45, 2.75) is 25.8 Å². The number of hydrogen-bond donors (Lipinski definition) is 2. The molecule has 1 aliphatic heterocycles. The Bertz CT molecular complexity index is 465. The molecule has 1 aliphatic rings. The summed E-state index contributed by atoms with van der Waals surface area (Å²) in [6, 6.07) is 4.78. The van der Waals surface area contributed by atoms with Crippen LogP contribution in [0.4, 0.5) is 10.1 Å². The van der Waals surface area contributed by atoms with E-state index in [9.17, 15) is 9.18 Å². The van der Waals surface area contributed by atoms with Gasteiger partial charge in [0.1, 0.15) is 0 Å². The number of piperidine rings is 1. The largest absolute Gasteiger partial charge is 0.494 e. The van der Waals surface area contributed by atoms with Gasteiger partial charge in [-0.3, -0.25) is 4.79 Å². The molecule has 0 unspecified atom stereocenters. The van der Waals surface area contributed by atoms with Crippen molar-refractivity contribution in [2.75, 3.05) is 19.0 Å². The summed E-state index contributed by atoms with van der Waals surface area (Å²) in [6.07, 6.45) is 1.62. The van der Waals surface area contributed by atoms with Gasteiger partial charge >= 0.3 is 0 Å². The van der Waals surface area contributed by atoms with Crippen LogP contribution >= 0.6 is 0 Å². The molecule has 0 aliphatic carbocycles. The predicted octanol–water partition coefficient (Wildman–Crippen LogP) is 2.16. The minimum absolute atomic E-state index is 0.0126. The normalized spacial score (nSPS) is 22.9. The average Bonchev–Trinajstić information content (AvgIpc) is 2.39. The Morgan fingerprint density at radius 2 is 2.32 bits per heavy atom. The summed E-state index contributed by atoms with van der Waals surface area (Å²) < 4.78 is 18.4. The van der Waals surface area contributed by atoms with Crippen molar-refractivity contribution in [1.29, 1.82) is 0 Å². The Kier molecular flexibility index (Phi) is 4.37. The quantitative estimate of drug-likeness (QED) is 0.881. The van der Waals surface area contributed by atoms with Gasteiger partial charge < -0.3 is 15.4 Å². The Labute approximate surface area is 112 Å². The van der Waals surface area contributed by atoms with E-state index < -0.39 is 5.82 Å². The highest BCUT2D eigenvalue weighted by molar-refractivity contribution is 5.92. The highest BCUT2D eigenvalue weighted by atomic mass is 19.1. The number of anilines is 1. The fourth-order valence-electron chi connectivity index (χ4n) is 2.36. The van der Waals surface area contributed by atoms with E-state index in [1.54, 1.807) is 6.07 Å². The van der Waals surface area contributed by atoms with Crippen molar-refractivity contribution >= 4 is 11.6 Å². The Morgan fingerprint density at radius 3 is 2.95 bits per heavy atom. The van der Waals surface area contributed by atoms with Crippen molar-refractivity contribution in [3.05, 3.63) is 24.0 Å². The first-order valence-electron chi connectivity index (χ1n) is 6.48. The van der Waals surface area contributed by atoms with Crippen LogP contribution in [0.5, 0.6) is 5.75 Å². The first-order valence-corrected chi connectivity index (χ1v) is 6.48. The van der Waals surface area contributed by atoms with Crippen LogP contribution in [0.3, 0.4) is 0 Å². The van der Waals surface area contributed by atoms with E-state index in [-0.39, 0.29) is 17.6 Å². The van der Waals surface area contributed by atoms with Crippen LogP contribution in [0.2, 0.25) is 0 Å². The third-order valence-electron chi connectivity index (χ3n) is 3.41. The topological polar surface area (TPSA) is 50.4 Å². The molecule has 1 heterocycles. The maximum atomic E-state index is 13.5. The molecule has 1 fully saturated rings. The summed E-state index contributed by atoms with van der Waals surface area (Å²) in [5.74, 6) is -0.355. The number of carbonyl (C=O) groups excluding carboxylic acids is 1. The van der Waals surface area contributed by atoms with Gasteiger partial charge in [0.25, 0.3) is 0 Å². The van der Waals surface area contributed by atoms with Crippen LogP contribution in [0.1, 0.15) is 19.8 Å². The third kappa shape index (κ3) is 3.44. The highest BCUT2D eigenvalue weighted by Crippen LogP contribution is 2.23. The van der Waals surface area contributed by atoms with Gasteiger partial charge in [-0.1, -0.05) is 0 Å². The van der Waals surface area contributed by atoms with Gasteiger partial charge in [-0.25, -0.2) is 4.39 Å². The van der Waals surface area contributed by atoms with Gasteiger partial charge in [0.2, 0.25) is 5.91 Å². The van der Waals surface area contributed by atoms with Crippen LogP contribution < -0.4 is 15.4 Å². The van der Waals surface area contributed by atoms with Crippen LogP contribution in [-0.2, 0) is 4.79 Å². The molecule has 0 spiro atoms. The van der Waals surface area contributed by atoms with Crippen molar-refractivity contribution in [1.82, 2.24) is 5.32 Å². The lowest BCUT2D eigenvalue weighted by atomic mass is 9.92. The van der Waals surface area contributed by atoms with E-state index in [0.29, 0.717) is 11.7 Å². The molecule has 2 rings (SSSR count). The smallest absolute Gasteiger partial charge is 0.227 e. The molecule has 1 aromatic carbocycles. The molecule has 4 nitrogen and oxygen atoms in total. The molecule has 2 atom stereocenters. The standard InChI is InChI=1S/C14H19FN2O2/c1-9-7-10(5-6-16-9)14(18)17-11-3-4-13(19-2)12(15)8-11/h3-4,8-10,16H,5-7H2,1-2H3,(H,17,18)/t9-,10-/m0/s1. The summed E-state index contributed by atoms with van der Waals surface area (Å²) in [6.45, 7) is 2.91. The van der Waals surface area contributed by atoms with E-state index in [2.05, 4.69) is 17.6 Å². The van der Waals surface area contributed by atoms with Gasteiger partial charge in [0.05, 0.1) is 7.11 Å². The zero-order valence-corrected chi connectivity index (χ0v) is 11.2. The molecule has 0 aromatic heterocycles. The molecular formula is C14H19FN2O2. The zero-order chi connectivity index (χ0) is 13.8. The number of carbonyl (C=O) groups is 1. The van der Waals surface area contributed by atoms with Crippen LogP contribution in [-0.4, -0.2) is 25.6 Å². The zero-order valence-electron chi connectivity index (χ0n) is 11.2. The molecule has 1 aromatic rings. The van der Waals surface area contributed by atoms with Crippen LogP contribution in [0, 0.1) is 11.7 Å². The van der Waals surface area contributed by atoms with Crippen LogP contribution in [0.15, 0.2) is 18.2 Å². The van der Waals surface area contributed by atoms with Crippen molar-refractivity contribution < 1.29 is 13.9 Å². The number of nitrogens with one attached hydrogen (secondary N) is 2. The molecular weight excluding hydrogens is 247 g/mol.